The van der Waals surface area contributed by atoms with Crippen LogP contribution in [0.1, 0.15) is 5.56 Å². The van der Waals surface area contributed by atoms with Crippen molar-refractivity contribution in [3.05, 3.63) is 48.0 Å². The van der Waals surface area contributed by atoms with Gasteiger partial charge < -0.3 is 30.2 Å². The molecule has 0 aromatic heterocycles. The van der Waals surface area contributed by atoms with Crippen molar-refractivity contribution in [2.75, 3.05) is 46.8 Å². The van der Waals surface area contributed by atoms with Gasteiger partial charge in [0.05, 0.1) is 20.8 Å². The van der Waals surface area contributed by atoms with Gasteiger partial charge in [-0.25, -0.2) is 4.99 Å². The smallest absolute Gasteiger partial charge is 0.193 e. The Morgan fingerprint density at radius 2 is 1.75 bits per heavy atom. The number of aliphatic imine (C=N–C) groups is 1. The summed E-state index contributed by atoms with van der Waals surface area (Å²) in [7, 11) is 7.21. The minimum absolute atomic E-state index is 0. The van der Waals surface area contributed by atoms with Crippen LogP contribution in [-0.2, 0) is 6.54 Å². The van der Waals surface area contributed by atoms with Crippen molar-refractivity contribution in [1.82, 2.24) is 4.90 Å². The highest BCUT2D eigenvalue weighted by Gasteiger charge is 2.06. The van der Waals surface area contributed by atoms with E-state index in [1.807, 2.05) is 50.5 Å². The summed E-state index contributed by atoms with van der Waals surface area (Å²) >= 11 is 0. The van der Waals surface area contributed by atoms with Gasteiger partial charge in [-0.1, -0.05) is 18.2 Å². The van der Waals surface area contributed by atoms with Crippen molar-refractivity contribution in [3.8, 4) is 17.2 Å². The number of hydrogen-bond acceptors (Lipinski definition) is 5. The minimum Gasteiger partial charge on any atom is -0.493 e. The average molecular weight is 500 g/mol. The maximum absolute atomic E-state index is 6.02. The van der Waals surface area contributed by atoms with Crippen LogP contribution in [0, 0.1) is 0 Å². The SMILES string of the molecule is COc1ccc(NC(N)=NCc2ccccc2OCCN(C)C)cc1OC.I. The van der Waals surface area contributed by atoms with Crippen LogP contribution in [0.4, 0.5) is 5.69 Å². The third-order valence-corrected chi connectivity index (χ3v) is 3.84. The van der Waals surface area contributed by atoms with Crippen molar-refractivity contribution in [2.24, 2.45) is 10.7 Å². The van der Waals surface area contributed by atoms with Crippen molar-refractivity contribution in [3.63, 3.8) is 0 Å². The van der Waals surface area contributed by atoms with Gasteiger partial charge in [0, 0.05) is 23.9 Å². The maximum atomic E-state index is 6.02. The molecule has 2 aromatic rings. The third-order valence-electron chi connectivity index (χ3n) is 3.84. The van der Waals surface area contributed by atoms with Crippen molar-refractivity contribution < 1.29 is 14.2 Å². The lowest BCUT2D eigenvalue weighted by Gasteiger charge is -2.13. The minimum atomic E-state index is 0. The van der Waals surface area contributed by atoms with E-state index in [-0.39, 0.29) is 24.0 Å². The highest BCUT2D eigenvalue weighted by Crippen LogP contribution is 2.29. The van der Waals surface area contributed by atoms with E-state index in [0.717, 1.165) is 23.5 Å². The zero-order chi connectivity index (χ0) is 19.6. The van der Waals surface area contributed by atoms with Gasteiger partial charge in [0.15, 0.2) is 17.5 Å². The second-order valence-electron chi connectivity index (χ2n) is 6.16. The topological polar surface area (TPSA) is 81.3 Å². The number of halogens is 1. The second-order valence-corrected chi connectivity index (χ2v) is 6.16. The molecule has 0 aliphatic carbocycles. The Morgan fingerprint density at radius 3 is 2.43 bits per heavy atom. The summed E-state index contributed by atoms with van der Waals surface area (Å²) in [5, 5.41) is 3.06. The molecule has 0 fully saturated rings. The van der Waals surface area contributed by atoms with Crippen LogP contribution in [-0.4, -0.2) is 52.3 Å². The zero-order valence-electron chi connectivity index (χ0n) is 16.8. The molecule has 2 rings (SSSR count). The molecule has 154 valence electrons. The van der Waals surface area contributed by atoms with Gasteiger partial charge in [0.2, 0.25) is 0 Å². The largest absolute Gasteiger partial charge is 0.493 e. The first-order valence-corrected chi connectivity index (χ1v) is 8.68. The molecule has 0 aliphatic heterocycles. The van der Waals surface area contributed by atoms with E-state index in [4.69, 9.17) is 19.9 Å². The number of nitrogens with one attached hydrogen (secondary N) is 1. The number of ether oxygens (including phenoxy) is 3. The Hall–Kier alpha value is -2.20. The van der Waals surface area contributed by atoms with Crippen molar-refractivity contribution in [2.45, 2.75) is 6.54 Å². The van der Waals surface area contributed by atoms with Crippen LogP contribution in [0.15, 0.2) is 47.5 Å². The monoisotopic (exact) mass is 500 g/mol. The predicted molar refractivity (Wildman–Crippen MR) is 124 cm³/mol. The summed E-state index contributed by atoms with van der Waals surface area (Å²) in [6, 6.07) is 13.3. The van der Waals surface area contributed by atoms with E-state index in [2.05, 4.69) is 15.2 Å². The van der Waals surface area contributed by atoms with Gasteiger partial charge >= 0.3 is 0 Å². The summed E-state index contributed by atoms with van der Waals surface area (Å²) in [5.41, 5.74) is 7.77. The van der Waals surface area contributed by atoms with Gasteiger partial charge in [-0.3, -0.25) is 0 Å². The predicted octanol–water partition coefficient (Wildman–Crippen LogP) is 3.19. The summed E-state index contributed by atoms with van der Waals surface area (Å²) in [5.74, 6) is 2.41. The Morgan fingerprint density at radius 1 is 1.04 bits per heavy atom. The molecular formula is C20H29IN4O3. The van der Waals surface area contributed by atoms with Gasteiger partial charge in [-0.2, -0.15) is 0 Å². The van der Waals surface area contributed by atoms with E-state index in [0.29, 0.717) is 30.6 Å². The first-order valence-electron chi connectivity index (χ1n) is 8.68. The lowest BCUT2D eigenvalue weighted by molar-refractivity contribution is 0.259. The molecule has 0 spiro atoms. The van der Waals surface area contributed by atoms with E-state index in [1.165, 1.54) is 0 Å². The number of rotatable bonds is 9. The Kier molecular flexibility index (Phi) is 10.5. The number of hydrogen-bond donors (Lipinski definition) is 2. The number of nitrogens with two attached hydrogens (primary N) is 1. The van der Waals surface area contributed by atoms with Crippen LogP contribution in [0.2, 0.25) is 0 Å². The molecular weight excluding hydrogens is 471 g/mol. The molecule has 0 aliphatic rings. The zero-order valence-corrected chi connectivity index (χ0v) is 19.1. The molecule has 0 heterocycles. The summed E-state index contributed by atoms with van der Waals surface area (Å²) < 4.78 is 16.4. The molecule has 8 heteroatoms. The molecule has 0 amide bonds. The van der Waals surface area contributed by atoms with E-state index >= 15 is 0 Å². The summed E-state index contributed by atoms with van der Waals surface area (Å²) in [6.07, 6.45) is 0. The number of nitrogens with zero attached hydrogens (tertiary/aromatic N) is 2. The molecule has 2 aromatic carbocycles. The first-order chi connectivity index (χ1) is 13.0. The van der Waals surface area contributed by atoms with Crippen molar-refractivity contribution >= 4 is 35.6 Å². The Balaban J connectivity index is 0.00000392. The number of benzene rings is 2. The normalized spacial score (nSPS) is 11.0. The fourth-order valence-electron chi connectivity index (χ4n) is 2.39. The molecule has 0 radical (unpaired) electrons. The van der Waals surface area contributed by atoms with Crippen LogP contribution < -0.4 is 25.3 Å². The molecule has 3 N–H and O–H groups in total. The number of para-hydroxylation sites is 1. The number of guanidine groups is 1. The van der Waals surface area contributed by atoms with Crippen LogP contribution in [0.5, 0.6) is 17.2 Å². The standard InChI is InChI=1S/C20H28N4O3.HI/c1-24(2)11-12-27-17-8-6-5-7-15(17)14-22-20(21)23-16-9-10-18(25-3)19(13-16)26-4;/h5-10,13H,11-12,14H2,1-4H3,(H3,21,22,23);1H. The van der Waals surface area contributed by atoms with E-state index in [9.17, 15) is 0 Å². The fraction of sp³-hybridized carbons (Fsp3) is 0.350. The van der Waals surface area contributed by atoms with Crippen LogP contribution >= 0.6 is 24.0 Å². The maximum Gasteiger partial charge on any atom is 0.193 e. The molecule has 7 nitrogen and oxygen atoms in total. The number of anilines is 1. The molecule has 28 heavy (non-hydrogen) atoms. The Bertz CT molecular complexity index is 769. The molecule has 0 saturated carbocycles. The Labute approximate surface area is 183 Å². The summed E-state index contributed by atoms with van der Waals surface area (Å²) in [6.45, 7) is 1.89. The van der Waals surface area contributed by atoms with Crippen LogP contribution in [0.25, 0.3) is 0 Å². The summed E-state index contributed by atoms with van der Waals surface area (Å²) in [4.78, 5) is 6.49. The highest BCUT2D eigenvalue weighted by atomic mass is 127. The average Bonchev–Trinajstić information content (AvgIpc) is 2.66. The fourth-order valence-corrected chi connectivity index (χ4v) is 2.39. The lowest BCUT2D eigenvalue weighted by atomic mass is 10.2. The van der Waals surface area contributed by atoms with Crippen LogP contribution in [0.3, 0.4) is 0 Å². The highest BCUT2D eigenvalue weighted by molar-refractivity contribution is 14.0. The van der Waals surface area contributed by atoms with E-state index in [1.54, 1.807) is 20.3 Å². The lowest BCUT2D eigenvalue weighted by Crippen LogP contribution is -2.22. The van der Waals surface area contributed by atoms with Gasteiger partial charge in [0.1, 0.15) is 12.4 Å². The third kappa shape index (κ3) is 7.43. The molecule has 0 unspecified atom stereocenters. The van der Waals surface area contributed by atoms with E-state index < -0.39 is 0 Å². The molecule has 0 atom stereocenters. The number of likely N-dealkylation sites (N-methyl/N-ethyl adjacent to an activating group) is 1. The van der Waals surface area contributed by atoms with Crippen molar-refractivity contribution in [1.29, 1.82) is 0 Å². The number of methoxy groups -OCH3 is 2. The molecule has 0 saturated heterocycles. The molecule has 0 bridgehead atoms. The second kappa shape index (κ2) is 12.3. The van der Waals surface area contributed by atoms with Gasteiger partial charge in [0.25, 0.3) is 0 Å². The quantitative estimate of drug-likeness (QED) is 0.313. The van der Waals surface area contributed by atoms with Gasteiger partial charge in [-0.15, -0.1) is 24.0 Å². The van der Waals surface area contributed by atoms with Gasteiger partial charge in [-0.05, 0) is 32.3 Å². The first kappa shape index (κ1) is 23.8.